The van der Waals surface area contributed by atoms with Crippen LogP contribution in [0.25, 0.3) is 0 Å². The molecule has 0 saturated carbocycles. The third-order valence-corrected chi connectivity index (χ3v) is 0. The molecule has 9 radical (unpaired) electrons. The van der Waals surface area contributed by atoms with Crippen LogP contribution in [0.15, 0.2) is 0 Å². The molecule has 0 aliphatic heterocycles. The molecular formula is AlFeMgSi. The molecule has 0 N–H and O–H groups in total. The van der Waals surface area contributed by atoms with E-state index in [9.17, 15) is 0 Å². The van der Waals surface area contributed by atoms with Crippen molar-refractivity contribution in [2.75, 3.05) is 0 Å². The first-order valence-corrected chi connectivity index (χ1v) is 0. The summed E-state index contributed by atoms with van der Waals surface area (Å²) in [5.74, 6) is 0. The Balaban J connectivity index is 0. The third-order valence-electron chi connectivity index (χ3n) is 0. The molecule has 0 aromatic heterocycles. The zero-order chi connectivity index (χ0) is 0. The minimum Gasteiger partial charge on any atom is 0 e. The van der Waals surface area contributed by atoms with E-state index in [0.29, 0.717) is 0 Å². The molecule has 0 spiro atoms. The first kappa shape index (κ1) is 36.9. The van der Waals surface area contributed by atoms with Crippen LogP contribution in [0.2, 0.25) is 0 Å². The molecule has 0 aromatic carbocycles. The smallest absolute Gasteiger partial charge is 0 e. The van der Waals surface area contributed by atoms with Gasteiger partial charge in [0.2, 0.25) is 0 Å². The second-order valence-electron chi connectivity index (χ2n) is 0. The minimum absolute atomic E-state index is 0. The Morgan fingerprint density at radius 3 is 1.00 bits per heavy atom. The van der Waals surface area contributed by atoms with Crippen LogP contribution in [0, 0.1) is 0 Å². The Morgan fingerprint density at radius 1 is 1.00 bits per heavy atom. The molecule has 0 saturated heterocycles. The van der Waals surface area contributed by atoms with Gasteiger partial charge in [0.1, 0.15) is 0 Å². The largest absolute Gasteiger partial charge is 0 e. The van der Waals surface area contributed by atoms with E-state index < -0.39 is 0 Å². The van der Waals surface area contributed by atoms with Crippen molar-refractivity contribution in [1.29, 1.82) is 0 Å². The fourth-order valence-corrected chi connectivity index (χ4v) is 0. The number of hydrogen-bond acceptors (Lipinski definition) is 0. The summed E-state index contributed by atoms with van der Waals surface area (Å²) in [7, 11) is 0. The molecule has 0 unspecified atom stereocenters. The summed E-state index contributed by atoms with van der Waals surface area (Å²) < 4.78 is 0. The van der Waals surface area contributed by atoms with Gasteiger partial charge >= 0.3 is 0 Å². The Kier molecular flexibility index (Phi) is 183. The molecule has 0 rings (SSSR count). The van der Waals surface area contributed by atoms with Crippen LogP contribution in [-0.4, -0.2) is 51.4 Å². The van der Waals surface area contributed by atoms with E-state index in [1.54, 1.807) is 0 Å². The van der Waals surface area contributed by atoms with Gasteiger partial charge in [0.25, 0.3) is 0 Å². The average Bonchev–Trinajstić information content (AvgIpc) is 0. The summed E-state index contributed by atoms with van der Waals surface area (Å²) in [6.07, 6.45) is 0. The SMILES string of the molecule is [Al].[Fe].[Mg].[Si]. The quantitative estimate of drug-likeness (QED) is 0.368. The van der Waals surface area contributed by atoms with Crippen molar-refractivity contribution in [3.05, 3.63) is 0 Å². The minimum atomic E-state index is 0. The summed E-state index contributed by atoms with van der Waals surface area (Å²) >= 11 is 0. The van der Waals surface area contributed by atoms with Crippen molar-refractivity contribution < 1.29 is 17.1 Å². The van der Waals surface area contributed by atoms with E-state index >= 15 is 0 Å². The summed E-state index contributed by atoms with van der Waals surface area (Å²) in [6, 6.07) is 0. The first-order valence-electron chi connectivity index (χ1n) is 0. The van der Waals surface area contributed by atoms with Gasteiger partial charge in [-0.1, -0.05) is 0 Å². The molecule has 0 aliphatic carbocycles. The van der Waals surface area contributed by atoms with Crippen molar-refractivity contribution in [3.8, 4) is 0 Å². The van der Waals surface area contributed by atoms with E-state index in [1.165, 1.54) is 0 Å². The van der Waals surface area contributed by atoms with Gasteiger partial charge in [-0.15, -0.1) is 0 Å². The molecule has 0 atom stereocenters. The standard InChI is InChI=1S/Al.Fe.Mg.Si. The van der Waals surface area contributed by atoms with Crippen LogP contribution < -0.4 is 0 Å². The normalized spacial score (nSPS) is 0. The van der Waals surface area contributed by atoms with Crippen molar-refractivity contribution >= 4 is 51.4 Å². The topological polar surface area (TPSA) is 0 Å². The van der Waals surface area contributed by atoms with Gasteiger partial charge in [0.15, 0.2) is 0 Å². The van der Waals surface area contributed by atoms with E-state index in [2.05, 4.69) is 0 Å². The van der Waals surface area contributed by atoms with Gasteiger partial charge in [-0.2, -0.15) is 0 Å². The summed E-state index contributed by atoms with van der Waals surface area (Å²) in [6.45, 7) is 0. The predicted octanol–water partition coefficient (Wildman–Crippen LogP) is -1.14. The fourth-order valence-electron chi connectivity index (χ4n) is 0. The first-order chi connectivity index (χ1) is 0. The van der Waals surface area contributed by atoms with Crippen LogP contribution in [-0.2, 0) is 17.1 Å². The van der Waals surface area contributed by atoms with Crippen molar-refractivity contribution in [1.82, 2.24) is 0 Å². The molecule has 0 bridgehead atoms. The van der Waals surface area contributed by atoms with E-state index in [4.69, 9.17) is 0 Å². The second-order valence-corrected chi connectivity index (χ2v) is 0. The predicted molar refractivity (Wildman–Crippen MR) is 17.3 cm³/mol. The molecular weight excluding hydrogens is 135 g/mol. The number of hydrogen-bond donors (Lipinski definition) is 0. The van der Waals surface area contributed by atoms with Crippen molar-refractivity contribution in [3.63, 3.8) is 0 Å². The zero-order valence-electron chi connectivity index (χ0n) is 2.14. The maximum absolute atomic E-state index is 0. The monoisotopic (exact) mass is 135 g/mol. The van der Waals surface area contributed by atoms with Crippen molar-refractivity contribution in [2.45, 2.75) is 0 Å². The molecule has 0 amide bonds. The molecule has 0 nitrogen and oxygen atoms in total. The van der Waals surface area contributed by atoms with E-state index in [-0.39, 0.29) is 68.4 Å². The maximum Gasteiger partial charge on any atom is 0 e. The molecule has 0 aromatic rings. The third kappa shape index (κ3) is 8.97. The summed E-state index contributed by atoms with van der Waals surface area (Å²) in [5.41, 5.74) is 0. The van der Waals surface area contributed by atoms with Gasteiger partial charge in [-0.05, 0) is 0 Å². The maximum atomic E-state index is 0. The fraction of sp³-hybridized carbons (Fsp3) is 0. The van der Waals surface area contributed by atoms with E-state index in [0.717, 1.165) is 0 Å². The van der Waals surface area contributed by atoms with Crippen LogP contribution in [0.3, 0.4) is 0 Å². The van der Waals surface area contributed by atoms with Gasteiger partial charge in [0.05, 0.1) is 0 Å². The zero-order valence-corrected chi connectivity index (χ0v) is 6.81. The van der Waals surface area contributed by atoms with Crippen LogP contribution in [0.5, 0.6) is 0 Å². The van der Waals surface area contributed by atoms with Gasteiger partial charge in [-0.25, -0.2) is 0 Å². The average molecular weight is 135 g/mol. The second kappa shape index (κ2) is 19.8. The molecule has 0 fully saturated rings. The summed E-state index contributed by atoms with van der Waals surface area (Å²) in [5, 5.41) is 0. The molecule has 17 valence electrons. The number of rotatable bonds is 0. The molecule has 0 heterocycles. The van der Waals surface area contributed by atoms with Gasteiger partial charge < -0.3 is 0 Å². The molecule has 0 aliphatic rings. The Bertz CT molecular complexity index is 8.00. The van der Waals surface area contributed by atoms with E-state index in [1.807, 2.05) is 0 Å². The Hall–Kier alpha value is 2.04. The molecule has 4 heteroatoms. The Labute approximate surface area is 67.9 Å². The van der Waals surface area contributed by atoms with Gasteiger partial charge in [0, 0.05) is 68.4 Å². The van der Waals surface area contributed by atoms with Crippen LogP contribution >= 0.6 is 0 Å². The molecule has 4 heavy (non-hydrogen) atoms. The summed E-state index contributed by atoms with van der Waals surface area (Å²) in [4.78, 5) is 0. The van der Waals surface area contributed by atoms with Crippen LogP contribution in [0.1, 0.15) is 0 Å². The van der Waals surface area contributed by atoms with Gasteiger partial charge in [-0.3, -0.25) is 0 Å². The van der Waals surface area contributed by atoms with Crippen molar-refractivity contribution in [2.24, 2.45) is 0 Å². The van der Waals surface area contributed by atoms with Crippen LogP contribution in [0.4, 0.5) is 0 Å². The Morgan fingerprint density at radius 2 is 1.00 bits per heavy atom.